The van der Waals surface area contributed by atoms with E-state index in [4.69, 9.17) is 5.14 Å². The monoisotopic (exact) mass is 342 g/mol. The number of primary sulfonamides is 1. The summed E-state index contributed by atoms with van der Waals surface area (Å²) in [6, 6.07) is 5.01. The number of carbonyl (C=O) groups excluding carboxylic acids is 1. The molecule has 1 aromatic rings. The Labute approximate surface area is 133 Å². The lowest BCUT2D eigenvalue weighted by atomic mass is 10.0. The van der Waals surface area contributed by atoms with Crippen LogP contribution in [-0.2, 0) is 26.0 Å². The van der Waals surface area contributed by atoms with Crippen LogP contribution in [0, 0.1) is 5.92 Å². The van der Waals surface area contributed by atoms with Crippen molar-refractivity contribution in [2.24, 2.45) is 11.1 Å². The molecular weight excluding hydrogens is 324 g/mol. The molecule has 1 fully saturated rings. The van der Waals surface area contributed by atoms with Gasteiger partial charge in [0, 0.05) is 25.3 Å². The molecule has 23 heavy (non-hydrogen) atoms. The van der Waals surface area contributed by atoms with E-state index in [0.29, 0.717) is 5.56 Å². The Bertz CT molecular complexity index is 718. The minimum absolute atomic E-state index is 0.00601. The van der Waals surface area contributed by atoms with Crippen LogP contribution in [0.3, 0.4) is 0 Å². The third-order valence-electron chi connectivity index (χ3n) is 3.71. The molecule has 1 saturated heterocycles. The number of aliphatic carboxylic acids is 1. The number of sulfonamides is 1. The minimum Gasteiger partial charge on any atom is -0.508 e. The van der Waals surface area contributed by atoms with Crippen LogP contribution >= 0.6 is 0 Å². The van der Waals surface area contributed by atoms with Crippen molar-refractivity contribution in [2.45, 2.75) is 18.9 Å². The van der Waals surface area contributed by atoms with Gasteiger partial charge in [0.25, 0.3) is 0 Å². The Kier molecular flexibility index (Phi) is 4.90. The van der Waals surface area contributed by atoms with Gasteiger partial charge in [0.1, 0.15) is 11.8 Å². The molecule has 9 heteroatoms. The lowest BCUT2D eigenvalue weighted by Crippen LogP contribution is -2.44. The van der Waals surface area contributed by atoms with Crippen molar-refractivity contribution in [3.8, 4) is 5.75 Å². The molecule has 1 aromatic carbocycles. The third kappa shape index (κ3) is 4.67. The second-order valence-corrected chi connectivity index (χ2v) is 7.33. The van der Waals surface area contributed by atoms with E-state index >= 15 is 0 Å². The molecule has 2 atom stereocenters. The highest BCUT2D eigenvalue weighted by atomic mass is 32.2. The minimum atomic E-state index is -3.72. The van der Waals surface area contributed by atoms with Gasteiger partial charge in [0.2, 0.25) is 15.9 Å². The molecule has 2 rings (SSSR count). The Hall–Kier alpha value is -2.13. The number of carbonyl (C=O) groups is 2. The van der Waals surface area contributed by atoms with Crippen LogP contribution < -0.4 is 5.14 Å². The number of hydrogen-bond acceptors (Lipinski definition) is 5. The number of nitrogens with two attached hydrogens (primary N) is 1. The number of amides is 1. The van der Waals surface area contributed by atoms with E-state index in [2.05, 4.69) is 0 Å². The van der Waals surface area contributed by atoms with E-state index in [0.717, 1.165) is 0 Å². The first kappa shape index (κ1) is 17.2. The highest BCUT2D eigenvalue weighted by Crippen LogP contribution is 2.24. The van der Waals surface area contributed by atoms with Gasteiger partial charge >= 0.3 is 5.97 Å². The first-order valence-electron chi connectivity index (χ1n) is 6.96. The summed E-state index contributed by atoms with van der Waals surface area (Å²) in [5, 5.41) is 23.8. The quantitative estimate of drug-likeness (QED) is 0.638. The largest absolute Gasteiger partial charge is 0.508 e. The lowest BCUT2D eigenvalue weighted by molar-refractivity contribution is -0.148. The molecule has 4 N–H and O–H groups in total. The van der Waals surface area contributed by atoms with Gasteiger partial charge in [-0.05, 0) is 17.7 Å². The Balaban J connectivity index is 2.15. The fourth-order valence-corrected chi connectivity index (χ4v) is 3.67. The highest BCUT2D eigenvalue weighted by Gasteiger charge is 2.38. The molecular formula is C14H18N2O6S. The zero-order valence-electron chi connectivity index (χ0n) is 12.3. The van der Waals surface area contributed by atoms with E-state index in [1.165, 1.54) is 17.0 Å². The van der Waals surface area contributed by atoms with Crippen molar-refractivity contribution in [3.05, 3.63) is 29.8 Å². The van der Waals surface area contributed by atoms with Crippen molar-refractivity contribution in [2.75, 3.05) is 12.3 Å². The van der Waals surface area contributed by atoms with Gasteiger partial charge in [0.05, 0.1) is 5.75 Å². The maximum atomic E-state index is 12.1. The molecule has 1 heterocycles. The van der Waals surface area contributed by atoms with Gasteiger partial charge in [-0.3, -0.25) is 4.79 Å². The van der Waals surface area contributed by atoms with Crippen LogP contribution in [0.4, 0.5) is 0 Å². The van der Waals surface area contributed by atoms with Crippen molar-refractivity contribution < 1.29 is 28.2 Å². The summed E-state index contributed by atoms with van der Waals surface area (Å²) >= 11 is 0. The number of carboxylic acid groups (broad SMARTS) is 1. The number of hydrogen-bond donors (Lipinski definition) is 3. The summed E-state index contributed by atoms with van der Waals surface area (Å²) in [4.78, 5) is 24.7. The van der Waals surface area contributed by atoms with Crippen LogP contribution in [0.15, 0.2) is 24.3 Å². The zero-order valence-corrected chi connectivity index (χ0v) is 13.1. The SMILES string of the molecule is NS(=O)(=O)CC1CC(=O)N([C@@H](Cc2cccc(O)c2)C(=O)O)C1. The van der Waals surface area contributed by atoms with E-state index in [1.807, 2.05) is 0 Å². The van der Waals surface area contributed by atoms with Gasteiger partial charge in [-0.15, -0.1) is 0 Å². The first-order chi connectivity index (χ1) is 10.7. The molecule has 1 unspecified atom stereocenters. The molecule has 8 nitrogen and oxygen atoms in total. The average molecular weight is 342 g/mol. The molecule has 0 spiro atoms. The maximum absolute atomic E-state index is 12.1. The van der Waals surface area contributed by atoms with Gasteiger partial charge in [-0.1, -0.05) is 12.1 Å². The average Bonchev–Trinajstić information content (AvgIpc) is 2.74. The van der Waals surface area contributed by atoms with Crippen molar-refractivity contribution in [3.63, 3.8) is 0 Å². The van der Waals surface area contributed by atoms with E-state index in [1.54, 1.807) is 12.1 Å². The Morgan fingerprint density at radius 3 is 2.70 bits per heavy atom. The predicted molar refractivity (Wildman–Crippen MR) is 81.0 cm³/mol. The number of likely N-dealkylation sites (tertiary alicyclic amines) is 1. The smallest absolute Gasteiger partial charge is 0.326 e. The number of nitrogens with zero attached hydrogens (tertiary/aromatic N) is 1. The molecule has 1 aliphatic heterocycles. The topological polar surface area (TPSA) is 138 Å². The summed E-state index contributed by atoms with van der Waals surface area (Å²) in [6.07, 6.45) is -0.0161. The van der Waals surface area contributed by atoms with Crippen LogP contribution in [0.1, 0.15) is 12.0 Å². The second kappa shape index (κ2) is 6.55. The molecule has 0 radical (unpaired) electrons. The normalized spacial score (nSPS) is 19.8. The van der Waals surface area contributed by atoms with E-state index in [-0.39, 0.29) is 30.9 Å². The van der Waals surface area contributed by atoms with Gasteiger partial charge in [0.15, 0.2) is 0 Å². The standard InChI is InChI=1S/C14H18N2O6S/c15-23(21,22)8-10-6-13(18)16(7-10)12(14(19)20)5-9-2-1-3-11(17)4-9/h1-4,10,12,17H,5-8H2,(H,19,20)(H2,15,21,22)/t10?,12-/m0/s1. The highest BCUT2D eigenvalue weighted by molar-refractivity contribution is 7.89. The Morgan fingerprint density at radius 1 is 1.43 bits per heavy atom. The Morgan fingerprint density at radius 2 is 2.13 bits per heavy atom. The van der Waals surface area contributed by atoms with Gasteiger partial charge in [-0.25, -0.2) is 18.4 Å². The van der Waals surface area contributed by atoms with E-state index < -0.39 is 33.9 Å². The molecule has 0 bridgehead atoms. The number of phenols is 1. The van der Waals surface area contributed by atoms with Crippen molar-refractivity contribution in [1.82, 2.24) is 4.90 Å². The number of carboxylic acids is 1. The van der Waals surface area contributed by atoms with Crippen LogP contribution in [-0.4, -0.2) is 53.7 Å². The number of phenolic OH excluding ortho intramolecular Hbond substituents is 1. The second-order valence-electron chi connectivity index (χ2n) is 5.67. The van der Waals surface area contributed by atoms with Crippen molar-refractivity contribution in [1.29, 1.82) is 0 Å². The van der Waals surface area contributed by atoms with E-state index in [9.17, 15) is 28.2 Å². The third-order valence-corrected chi connectivity index (χ3v) is 4.64. The number of rotatable bonds is 6. The molecule has 0 aliphatic carbocycles. The zero-order chi connectivity index (χ0) is 17.2. The fraction of sp³-hybridized carbons (Fsp3) is 0.429. The summed E-state index contributed by atoms with van der Waals surface area (Å²) in [7, 11) is -3.72. The fourth-order valence-electron chi connectivity index (χ4n) is 2.79. The maximum Gasteiger partial charge on any atom is 0.326 e. The van der Waals surface area contributed by atoms with Crippen LogP contribution in [0.25, 0.3) is 0 Å². The molecule has 1 amide bonds. The molecule has 126 valence electrons. The van der Waals surface area contributed by atoms with Gasteiger partial charge < -0.3 is 15.1 Å². The number of benzene rings is 1. The predicted octanol–water partition coefficient (Wildman–Crippen LogP) is -0.475. The summed E-state index contributed by atoms with van der Waals surface area (Å²) in [5.41, 5.74) is 0.570. The summed E-state index contributed by atoms with van der Waals surface area (Å²) < 4.78 is 22.3. The van der Waals surface area contributed by atoms with Crippen LogP contribution in [0.2, 0.25) is 0 Å². The number of aromatic hydroxyl groups is 1. The van der Waals surface area contributed by atoms with Gasteiger partial charge in [-0.2, -0.15) is 0 Å². The molecule has 0 aromatic heterocycles. The molecule has 1 aliphatic rings. The first-order valence-corrected chi connectivity index (χ1v) is 8.68. The lowest BCUT2D eigenvalue weighted by Gasteiger charge is -2.25. The summed E-state index contributed by atoms with van der Waals surface area (Å²) in [6.45, 7) is 0.0328. The summed E-state index contributed by atoms with van der Waals surface area (Å²) in [5.74, 6) is -2.45. The molecule has 0 saturated carbocycles. The van der Waals surface area contributed by atoms with Crippen molar-refractivity contribution >= 4 is 21.9 Å². The van der Waals surface area contributed by atoms with Crippen LogP contribution in [0.5, 0.6) is 5.75 Å².